The number of benzene rings is 4. The third kappa shape index (κ3) is 12.8. The fraction of sp³-hybridized carbons (Fsp3) is 0.365. The summed E-state index contributed by atoms with van der Waals surface area (Å²) in [7, 11) is 1.33. The molecule has 3 aliphatic rings. The van der Waals surface area contributed by atoms with Crippen molar-refractivity contribution >= 4 is 35.1 Å². The molecule has 3 saturated heterocycles. The fourth-order valence-corrected chi connectivity index (χ4v) is 8.38. The van der Waals surface area contributed by atoms with Gasteiger partial charge < -0.3 is 114 Å². The van der Waals surface area contributed by atoms with Gasteiger partial charge in [-0.05, 0) is 59.7 Å². The van der Waals surface area contributed by atoms with Crippen LogP contribution in [0.2, 0.25) is 0 Å². The molecule has 0 amide bonds. The van der Waals surface area contributed by atoms with E-state index in [-0.39, 0.29) is 45.3 Å². The van der Waals surface area contributed by atoms with Crippen LogP contribution in [0.1, 0.15) is 11.1 Å². The molecule has 4 heterocycles. The van der Waals surface area contributed by atoms with Crippen molar-refractivity contribution in [2.75, 3.05) is 26.9 Å². The Morgan fingerprint density at radius 3 is 1.74 bits per heavy atom. The Hall–Kier alpha value is -7.41. The maximum Gasteiger partial charge on any atom is 0.402 e. The van der Waals surface area contributed by atoms with Crippen LogP contribution < -0.4 is 14.2 Å². The highest BCUT2D eigenvalue weighted by Gasteiger charge is 2.53. The van der Waals surface area contributed by atoms with Crippen LogP contribution in [0.5, 0.6) is 46.0 Å². The zero-order valence-corrected chi connectivity index (χ0v) is 40.8. The second kappa shape index (κ2) is 24.5. The first kappa shape index (κ1) is 56.8. The summed E-state index contributed by atoms with van der Waals surface area (Å²) in [5.74, 6) is -4.85. The number of hydrogen-bond acceptors (Lipinski definition) is 25. The summed E-state index contributed by atoms with van der Waals surface area (Å²) in [4.78, 5) is 25.7. The van der Waals surface area contributed by atoms with Crippen LogP contribution in [0.15, 0.2) is 95.4 Å². The van der Waals surface area contributed by atoms with E-state index in [4.69, 9.17) is 47.0 Å². The SMILES string of the molecule is COc1cc(C=CC(=O)OC[C@H]2O[C@@H](O[C@H]3[C@H](Oc4cc5c(O[C@@H]6O[C@H](CO)[C@@H](O)[C@H](O)[C@H]6O)cc(O)cc5[o+]c4-c4ccc(O)c(O)c4)O[C@H](COC(=O)C=Cc4ccc(O)cc4)[C@@H](O)[C@@H]3O)[C@H](O)[C@@H](O)[C@@H]2O)ccc1O. The summed E-state index contributed by atoms with van der Waals surface area (Å²) in [5.41, 5.74) is 0.660. The molecule has 4 aromatic carbocycles. The maximum absolute atomic E-state index is 12.9. The van der Waals surface area contributed by atoms with Crippen molar-refractivity contribution in [3.05, 3.63) is 102 Å². The molecule has 418 valence electrons. The van der Waals surface area contributed by atoms with Gasteiger partial charge in [0, 0.05) is 30.4 Å². The number of rotatable bonds is 17. The molecule has 3 fully saturated rings. The van der Waals surface area contributed by atoms with Crippen molar-refractivity contribution in [1.82, 2.24) is 0 Å². The van der Waals surface area contributed by atoms with E-state index in [0.717, 1.165) is 36.4 Å². The Morgan fingerprint density at radius 1 is 0.538 bits per heavy atom. The van der Waals surface area contributed by atoms with Crippen LogP contribution >= 0.6 is 0 Å². The number of methoxy groups -OCH3 is 1. The van der Waals surface area contributed by atoms with Crippen LogP contribution in [0.25, 0.3) is 34.4 Å². The van der Waals surface area contributed by atoms with Crippen LogP contribution in [0.3, 0.4) is 0 Å². The summed E-state index contributed by atoms with van der Waals surface area (Å²) in [6, 6.07) is 16.7. The van der Waals surface area contributed by atoms with Gasteiger partial charge in [0.15, 0.2) is 35.4 Å². The standard InChI is InChI=1S/C52H54O26/c1-69-33-14-23(4-10-29(33)57)6-13-39(60)70-20-36-41(62)44(65)47(68)51(76-36)78-49-45(66)42(63)37(21-71-38(59)12-5-22-2-8-25(54)9-3-22)77-52(49)74-34-18-27-31(72-48(34)24-7-11-28(56)30(58)15-24)16-26(55)17-32(27)73-50-46(67)43(64)40(61)35(19-53)75-50/h2-18,35-37,40-47,49-53,61-68H,19-21H2,1H3,(H4-,54,55,56,57,58,59,60)/p+1/t35-,36-,37-,40-,41-,42-,43+,44+,45+,46-,47-,49-,50-,51+,52-/m1/s1. The molecule has 26 nitrogen and oxygen atoms in total. The molecule has 0 saturated carbocycles. The van der Waals surface area contributed by atoms with Gasteiger partial charge >= 0.3 is 23.3 Å². The van der Waals surface area contributed by atoms with Gasteiger partial charge in [-0.25, -0.2) is 14.0 Å². The minimum absolute atomic E-state index is 0.0274. The minimum Gasteiger partial charge on any atom is -0.508 e. The molecule has 3 aliphatic heterocycles. The van der Waals surface area contributed by atoms with Gasteiger partial charge in [-0.3, -0.25) is 0 Å². The van der Waals surface area contributed by atoms with Crippen LogP contribution in [0.4, 0.5) is 0 Å². The molecule has 26 heteroatoms. The first-order valence-electron chi connectivity index (χ1n) is 23.8. The van der Waals surface area contributed by atoms with Crippen LogP contribution in [0, 0.1) is 0 Å². The van der Waals surface area contributed by atoms with E-state index < -0.39 is 147 Å². The number of phenols is 5. The van der Waals surface area contributed by atoms with Gasteiger partial charge in [0.25, 0.3) is 0 Å². The van der Waals surface area contributed by atoms with Gasteiger partial charge in [-0.1, -0.05) is 18.2 Å². The predicted octanol–water partition coefficient (Wildman–Crippen LogP) is -0.372. The fourth-order valence-electron chi connectivity index (χ4n) is 8.38. The Morgan fingerprint density at radius 2 is 1.10 bits per heavy atom. The third-order valence-corrected chi connectivity index (χ3v) is 12.7. The number of ether oxygens (including phenoxy) is 9. The third-order valence-electron chi connectivity index (χ3n) is 12.7. The van der Waals surface area contributed by atoms with Crippen LogP contribution in [-0.2, 0) is 38.0 Å². The van der Waals surface area contributed by atoms with Crippen molar-refractivity contribution in [2.45, 2.75) is 92.1 Å². The number of carbonyl (C=O) groups is 2. The Kier molecular flexibility index (Phi) is 17.8. The van der Waals surface area contributed by atoms with Crippen molar-refractivity contribution in [2.24, 2.45) is 0 Å². The smallest absolute Gasteiger partial charge is 0.402 e. The number of aliphatic hydroxyl groups is 9. The summed E-state index contributed by atoms with van der Waals surface area (Å²) < 4.78 is 57.7. The predicted molar refractivity (Wildman–Crippen MR) is 261 cm³/mol. The molecule has 0 radical (unpaired) electrons. The first-order chi connectivity index (χ1) is 37.2. The summed E-state index contributed by atoms with van der Waals surface area (Å²) in [5, 5.41) is 149. The van der Waals surface area contributed by atoms with E-state index in [9.17, 15) is 81.1 Å². The lowest BCUT2D eigenvalue weighted by atomic mass is 9.97. The lowest BCUT2D eigenvalue weighted by molar-refractivity contribution is -0.358. The largest absolute Gasteiger partial charge is 0.508 e. The molecule has 14 N–H and O–H groups in total. The number of phenolic OH excluding ortho intramolecular Hbond substituents is 5. The molecular weight excluding hydrogens is 1040 g/mol. The molecule has 5 aromatic rings. The first-order valence-corrected chi connectivity index (χ1v) is 23.8. The quantitative estimate of drug-likeness (QED) is 0.0244. The topological polar surface area (TPSA) is 412 Å². The van der Waals surface area contributed by atoms with E-state index in [2.05, 4.69) is 0 Å². The van der Waals surface area contributed by atoms with Gasteiger partial charge in [0.05, 0.1) is 25.3 Å². The lowest BCUT2D eigenvalue weighted by Gasteiger charge is -2.45. The van der Waals surface area contributed by atoms with E-state index in [1.54, 1.807) is 0 Å². The van der Waals surface area contributed by atoms with E-state index >= 15 is 0 Å². The van der Waals surface area contributed by atoms with Crippen molar-refractivity contribution < 1.29 is 128 Å². The number of fused-ring (bicyclic) bond motifs is 1. The second-order valence-corrected chi connectivity index (χ2v) is 18.0. The zero-order valence-electron chi connectivity index (χ0n) is 40.8. The summed E-state index contributed by atoms with van der Waals surface area (Å²) in [6.07, 6.45) is -23.9. The highest BCUT2D eigenvalue weighted by molar-refractivity contribution is 5.89. The molecule has 8 rings (SSSR count). The molecule has 15 atom stereocenters. The molecule has 78 heavy (non-hydrogen) atoms. The molecule has 0 aliphatic carbocycles. The Labute approximate surface area is 440 Å². The number of esters is 2. The summed E-state index contributed by atoms with van der Waals surface area (Å²) in [6.45, 7) is -2.37. The average molecular weight is 1100 g/mol. The molecular formula is C52H55O26+. The molecule has 1 aromatic heterocycles. The summed E-state index contributed by atoms with van der Waals surface area (Å²) >= 11 is 0. The van der Waals surface area contributed by atoms with Gasteiger partial charge in [0.2, 0.25) is 18.3 Å². The van der Waals surface area contributed by atoms with E-state index in [1.807, 2.05) is 0 Å². The second-order valence-electron chi connectivity index (χ2n) is 18.0. The molecule has 0 spiro atoms. The number of aromatic hydroxyl groups is 5. The van der Waals surface area contributed by atoms with Crippen molar-refractivity contribution in [3.8, 4) is 57.3 Å². The Bertz CT molecular complexity index is 2970. The molecule has 0 unspecified atom stereocenters. The van der Waals surface area contributed by atoms with E-state index in [1.165, 1.54) is 73.9 Å². The number of hydrogen-bond donors (Lipinski definition) is 14. The van der Waals surface area contributed by atoms with Gasteiger partial charge in [0.1, 0.15) is 103 Å². The van der Waals surface area contributed by atoms with Crippen LogP contribution in [-0.4, -0.2) is 202 Å². The zero-order chi connectivity index (χ0) is 56.1. The number of aliphatic hydroxyl groups excluding tert-OH is 9. The average Bonchev–Trinajstić information content (AvgIpc) is 3.51. The van der Waals surface area contributed by atoms with Gasteiger partial charge in [-0.15, -0.1) is 0 Å². The highest BCUT2D eigenvalue weighted by Crippen LogP contribution is 2.44. The van der Waals surface area contributed by atoms with Crippen molar-refractivity contribution in [3.63, 3.8) is 0 Å². The Balaban J connectivity index is 1.12. The lowest BCUT2D eigenvalue weighted by Crippen LogP contribution is -2.65. The van der Waals surface area contributed by atoms with E-state index in [0.29, 0.717) is 11.1 Å². The van der Waals surface area contributed by atoms with Crippen molar-refractivity contribution in [1.29, 1.82) is 0 Å². The minimum atomic E-state index is -2.15. The highest BCUT2D eigenvalue weighted by atomic mass is 16.8. The normalized spacial score (nSPS) is 29.3. The number of carbonyl (C=O) groups excluding carboxylic acids is 2. The monoisotopic (exact) mass is 1100 g/mol. The van der Waals surface area contributed by atoms with Gasteiger partial charge in [-0.2, -0.15) is 0 Å². The molecule has 0 bridgehead atoms. The maximum atomic E-state index is 12.9.